The van der Waals surface area contributed by atoms with E-state index in [0.717, 1.165) is 5.69 Å². The van der Waals surface area contributed by atoms with Crippen molar-refractivity contribution >= 4 is 5.97 Å². The number of aromatic nitrogens is 4. The summed E-state index contributed by atoms with van der Waals surface area (Å²) in [6.45, 7) is 0.110. The zero-order valence-corrected chi connectivity index (χ0v) is 12.4. The Bertz CT molecular complexity index is 849. The van der Waals surface area contributed by atoms with Gasteiger partial charge in [0.25, 0.3) is 0 Å². The van der Waals surface area contributed by atoms with Gasteiger partial charge in [0.15, 0.2) is 11.5 Å². The molecule has 4 rings (SSSR count). The number of carbonyl (C=O) groups excluding carboxylic acids is 1. The number of carbonyl (C=O) groups is 1. The monoisotopic (exact) mass is 324 g/mol. The van der Waals surface area contributed by atoms with Gasteiger partial charge in [0.05, 0.1) is 5.69 Å². The van der Waals surface area contributed by atoms with Crippen LogP contribution in [0, 0.1) is 0 Å². The first-order valence-corrected chi connectivity index (χ1v) is 7.23. The van der Waals surface area contributed by atoms with Crippen LogP contribution in [0.25, 0.3) is 5.69 Å². The van der Waals surface area contributed by atoms with Crippen LogP contribution in [-0.4, -0.2) is 38.9 Å². The highest BCUT2D eigenvalue weighted by atomic mass is 16.6. The fourth-order valence-corrected chi connectivity index (χ4v) is 2.26. The minimum absolute atomic E-state index is 0.110. The SMILES string of the molecule is O=C(Oc1ccc(-n2cnnn2)cc1)[C@H]1COc2ccccc2O1. The number of esters is 1. The number of rotatable bonds is 3. The van der Waals surface area contributed by atoms with Crippen LogP contribution in [0.4, 0.5) is 0 Å². The zero-order valence-electron chi connectivity index (χ0n) is 12.4. The molecule has 3 aromatic rings. The van der Waals surface area contributed by atoms with Crippen LogP contribution in [-0.2, 0) is 4.79 Å². The molecule has 1 aliphatic rings. The van der Waals surface area contributed by atoms with Gasteiger partial charge in [-0.25, -0.2) is 9.48 Å². The molecule has 1 atom stereocenters. The summed E-state index contributed by atoms with van der Waals surface area (Å²) in [5.41, 5.74) is 0.756. The maximum Gasteiger partial charge on any atom is 0.356 e. The fourth-order valence-electron chi connectivity index (χ4n) is 2.26. The lowest BCUT2D eigenvalue weighted by Crippen LogP contribution is -2.39. The maximum absolute atomic E-state index is 12.2. The van der Waals surface area contributed by atoms with Crippen molar-refractivity contribution in [2.45, 2.75) is 6.10 Å². The lowest BCUT2D eigenvalue weighted by molar-refractivity contribution is -0.144. The molecule has 8 nitrogen and oxygen atoms in total. The second-order valence-corrected chi connectivity index (χ2v) is 5.03. The first-order valence-electron chi connectivity index (χ1n) is 7.23. The Labute approximate surface area is 136 Å². The van der Waals surface area contributed by atoms with Gasteiger partial charge in [-0.3, -0.25) is 0 Å². The average Bonchev–Trinajstić information content (AvgIpc) is 3.16. The number of fused-ring (bicyclic) bond motifs is 1. The molecule has 0 fully saturated rings. The Balaban J connectivity index is 1.43. The van der Waals surface area contributed by atoms with E-state index in [9.17, 15) is 4.79 Å². The lowest BCUT2D eigenvalue weighted by atomic mass is 10.2. The van der Waals surface area contributed by atoms with E-state index in [0.29, 0.717) is 17.2 Å². The molecule has 120 valence electrons. The standard InChI is InChI=1S/C16H12N4O4/c21-16(15-9-22-13-3-1-2-4-14(13)24-15)23-12-7-5-11(6-8-12)20-10-17-18-19-20/h1-8,10,15H,9H2/t15-/m1/s1. The smallest absolute Gasteiger partial charge is 0.356 e. The maximum atomic E-state index is 12.2. The topological polar surface area (TPSA) is 88.4 Å². The van der Waals surface area contributed by atoms with E-state index in [1.165, 1.54) is 11.0 Å². The predicted octanol–water partition coefficient (Wildman–Crippen LogP) is 1.41. The number of tetrazole rings is 1. The van der Waals surface area contributed by atoms with Gasteiger partial charge in [0, 0.05) is 0 Å². The molecule has 0 saturated heterocycles. The molecule has 0 amide bonds. The molecule has 1 aromatic heterocycles. The van der Waals surface area contributed by atoms with E-state index in [-0.39, 0.29) is 6.61 Å². The molecule has 2 aromatic carbocycles. The molecule has 0 spiro atoms. The second kappa shape index (κ2) is 5.99. The van der Waals surface area contributed by atoms with Crippen molar-refractivity contribution in [2.24, 2.45) is 0 Å². The van der Waals surface area contributed by atoms with Crippen molar-refractivity contribution in [1.29, 1.82) is 0 Å². The Hall–Kier alpha value is -3.42. The molecule has 8 heteroatoms. The van der Waals surface area contributed by atoms with Crippen molar-refractivity contribution in [1.82, 2.24) is 20.2 Å². The van der Waals surface area contributed by atoms with Gasteiger partial charge in [0.1, 0.15) is 18.7 Å². The van der Waals surface area contributed by atoms with Crippen LogP contribution >= 0.6 is 0 Å². The molecular formula is C16H12N4O4. The summed E-state index contributed by atoms with van der Waals surface area (Å²) in [5.74, 6) is 1.03. The van der Waals surface area contributed by atoms with Crippen molar-refractivity contribution in [3.05, 3.63) is 54.9 Å². The zero-order chi connectivity index (χ0) is 16.4. The molecule has 24 heavy (non-hydrogen) atoms. The first kappa shape index (κ1) is 14.2. The van der Waals surface area contributed by atoms with Crippen LogP contribution in [0.1, 0.15) is 0 Å². The Morgan fingerprint density at radius 2 is 1.92 bits per heavy atom. The highest BCUT2D eigenvalue weighted by Gasteiger charge is 2.29. The van der Waals surface area contributed by atoms with Gasteiger partial charge in [-0.15, -0.1) is 5.10 Å². The summed E-state index contributed by atoms with van der Waals surface area (Å²) in [6, 6.07) is 14.0. The molecule has 0 bridgehead atoms. The van der Waals surface area contributed by atoms with Gasteiger partial charge in [-0.2, -0.15) is 0 Å². The van der Waals surface area contributed by atoms with Gasteiger partial charge in [0.2, 0.25) is 6.10 Å². The van der Waals surface area contributed by atoms with Crippen LogP contribution < -0.4 is 14.2 Å². The number of hydrogen-bond donors (Lipinski definition) is 0. The van der Waals surface area contributed by atoms with Gasteiger partial charge in [-0.05, 0) is 46.8 Å². The minimum atomic E-state index is -0.806. The molecule has 0 N–H and O–H groups in total. The Morgan fingerprint density at radius 3 is 2.67 bits per heavy atom. The van der Waals surface area contributed by atoms with Crippen LogP contribution in [0.5, 0.6) is 17.2 Å². The third kappa shape index (κ3) is 2.76. The Morgan fingerprint density at radius 1 is 1.12 bits per heavy atom. The van der Waals surface area contributed by atoms with Crippen LogP contribution in [0.15, 0.2) is 54.9 Å². The summed E-state index contributed by atoms with van der Waals surface area (Å²) in [6.07, 6.45) is 0.671. The predicted molar refractivity (Wildman–Crippen MR) is 81.1 cm³/mol. The number of hydrogen-bond acceptors (Lipinski definition) is 7. The van der Waals surface area contributed by atoms with Gasteiger partial charge >= 0.3 is 5.97 Å². The van der Waals surface area contributed by atoms with E-state index in [1.807, 2.05) is 12.1 Å². The summed E-state index contributed by atoms with van der Waals surface area (Å²) in [7, 11) is 0. The van der Waals surface area contributed by atoms with Crippen molar-refractivity contribution < 1.29 is 19.0 Å². The average molecular weight is 324 g/mol. The molecule has 2 heterocycles. The molecule has 0 unspecified atom stereocenters. The van der Waals surface area contributed by atoms with E-state index >= 15 is 0 Å². The third-order valence-corrected chi connectivity index (χ3v) is 3.44. The first-order chi connectivity index (χ1) is 11.8. The Kier molecular flexibility index (Phi) is 3.54. The summed E-state index contributed by atoms with van der Waals surface area (Å²) >= 11 is 0. The molecule has 0 aliphatic carbocycles. The van der Waals surface area contributed by atoms with E-state index in [1.54, 1.807) is 36.4 Å². The lowest BCUT2D eigenvalue weighted by Gasteiger charge is -2.24. The van der Waals surface area contributed by atoms with Crippen molar-refractivity contribution in [3.8, 4) is 22.9 Å². The molecule has 0 saturated carbocycles. The largest absolute Gasteiger partial charge is 0.485 e. The van der Waals surface area contributed by atoms with Crippen LogP contribution in [0.2, 0.25) is 0 Å². The van der Waals surface area contributed by atoms with E-state index < -0.39 is 12.1 Å². The number of benzene rings is 2. The molecule has 0 radical (unpaired) electrons. The summed E-state index contributed by atoms with van der Waals surface area (Å²) in [4.78, 5) is 12.2. The van der Waals surface area contributed by atoms with E-state index in [4.69, 9.17) is 14.2 Å². The summed E-state index contributed by atoms with van der Waals surface area (Å²) < 4.78 is 18.0. The second-order valence-electron chi connectivity index (χ2n) is 5.03. The number of nitrogens with zero attached hydrogens (tertiary/aromatic N) is 4. The van der Waals surface area contributed by atoms with Gasteiger partial charge < -0.3 is 14.2 Å². The number of para-hydroxylation sites is 2. The third-order valence-electron chi connectivity index (χ3n) is 3.44. The fraction of sp³-hybridized carbons (Fsp3) is 0.125. The summed E-state index contributed by atoms with van der Waals surface area (Å²) in [5, 5.41) is 10.9. The minimum Gasteiger partial charge on any atom is -0.485 e. The van der Waals surface area contributed by atoms with Crippen molar-refractivity contribution in [2.75, 3.05) is 6.61 Å². The normalized spacial score (nSPS) is 15.8. The van der Waals surface area contributed by atoms with Gasteiger partial charge in [-0.1, -0.05) is 12.1 Å². The van der Waals surface area contributed by atoms with Crippen LogP contribution in [0.3, 0.4) is 0 Å². The highest BCUT2D eigenvalue weighted by Crippen LogP contribution is 2.31. The molecule has 1 aliphatic heterocycles. The number of ether oxygens (including phenoxy) is 3. The quantitative estimate of drug-likeness (QED) is 0.531. The van der Waals surface area contributed by atoms with Crippen molar-refractivity contribution in [3.63, 3.8) is 0 Å². The molecular weight excluding hydrogens is 312 g/mol. The van der Waals surface area contributed by atoms with E-state index in [2.05, 4.69) is 15.5 Å². The highest BCUT2D eigenvalue weighted by molar-refractivity contribution is 5.78.